The molecular weight excluding hydrogens is 418 g/mol. The quantitative estimate of drug-likeness (QED) is 0.502. The Hall–Kier alpha value is -3.72. The smallest absolute Gasteiger partial charge is 0.323 e. The average molecular weight is 442 g/mol. The summed E-state index contributed by atoms with van der Waals surface area (Å²) in [6, 6.07) is 17.4. The van der Waals surface area contributed by atoms with Crippen molar-refractivity contribution in [2.24, 2.45) is 0 Å². The molecule has 0 aliphatic carbocycles. The Bertz CT molecular complexity index is 1160. The van der Waals surface area contributed by atoms with Gasteiger partial charge in [0.15, 0.2) is 11.5 Å². The summed E-state index contributed by atoms with van der Waals surface area (Å²) < 4.78 is 37.8. The Morgan fingerprint density at radius 2 is 1.29 bits per heavy atom. The van der Waals surface area contributed by atoms with Gasteiger partial charge in [-0.25, -0.2) is 13.2 Å². The number of sulfonamides is 1. The maximum Gasteiger partial charge on any atom is 0.323 e. The Morgan fingerprint density at radius 3 is 1.90 bits per heavy atom. The number of ether oxygens (including phenoxy) is 2. The molecule has 3 rings (SSSR count). The van der Waals surface area contributed by atoms with Crippen LogP contribution in [0.3, 0.4) is 0 Å². The highest BCUT2D eigenvalue weighted by Crippen LogP contribution is 2.29. The summed E-state index contributed by atoms with van der Waals surface area (Å²) in [5.74, 6) is 1.04. The minimum absolute atomic E-state index is 0.176. The molecule has 9 heteroatoms. The highest BCUT2D eigenvalue weighted by molar-refractivity contribution is 7.92. The molecule has 3 aromatic rings. The molecule has 0 aliphatic heterocycles. The second-order valence-electron chi connectivity index (χ2n) is 6.64. The van der Waals surface area contributed by atoms with E-state index in [2.05, 4.69) is 15.4 Å². The van der Waals surface area contributed by atoms with Gasteiger partial charge in [-0.15, -0.1) is 0 Å². The second kappa shape index (κ2) is 9.40. The van der Waals surface area contributed by atoms with E-state index in [-0.39, 0.29) is 4.90 Å². The highest BCUT2D eigenvalue weighted by Gasteiger charge is 2.14. The number of benzene rings is 3. The molecule has 8 nitrogen and oxygen atoms in total. The number of nitrogens with one attached hydrogen (secondary N) is 3. The van der Waals surface area contributed by atoms with E-state index in [1.807, 2.05) is 6.92 Å². The van der Waals surface area contributed by atoms with Crippen LogP contribution >= 0.6 is 0 Å². The number of hydrogen-bond donors (Lipinski definition) is 3. The Kier molecular flexibility index (Phi) is 6.66. The van der Waals surface area contributed by atoms with Crippen LogP contribution in [0.15, 0.2) is 71.6 Å². The predicted octanol–water partition coefficient (Wildman–Crippen LogP) is 4.46. The summed E-state index contributed by atoms with van der Waals surface area (Å²) in [7, 11) is -0.651. The SMILES string of the molecule is COc1ccc(NC(=O)Nc2ccc(NS(=O)(=O)c3ccc(C)cc3)cc2)cc1OC. The summed E-state index contributed by atoms with van der Waals surface area (Å²) >= 11 is 0. The summed E-state index contributed by atoms with van der Waals surface area (Å²) in [5.41, 5.74) is 2.38. The molecular formula is C22H23N3O5S. The zero-order valence-corrected chi connectivity index (χ0v) is 18.1. The fraction of sp³-hybridized carbons (Fsp3) is 0.136. The van der Waals surface area contributed by atoms with E-state index in [4.69, 9.17) is 9.47 Å². The summed E-state index contributed by atoms with van der Waals surface area (Å²) in [4.78, 5) is 12.4. The number of methoxy groups -OCH3 is 2. The first-order chi connectivity index (χ1) is 14.8. The zero-order valence-electron chi connectivity index (χ0n) is 17.3. The molecule has 0 atom stereocenters. The lowest BCUT2D eigenvalue weighted by Gasteiger charge is -2.12. The van der Waals surface area contributed by atoms with E-state index in [9.17, 15) is 13.2 Å². The van der Waals surface area contributed by atoms with Gasteiger partial charge in [0.2, 0.25) is 0 Å². The van der Waals surface area contributed by atoms with Crippen molar-refractivity contribution in [3.05, 3.63) is 72.3 Å². The van der Waals surface area contributed by atoms with E-state index in [0.29, 0.717) is 28.6 Å². The molecule has 31 heavy (non-hydrogen) atoms. The number of amides is 2. The average Bonchev–Trinajstić information content (AvgIpc) is 2.75. The largest absolute Gasteiger partial charge is 0.493 e. The Morgan fingerprint density at radius 1 is 0.742 bits per heavy atom. The normalized spacial score (nSPS) is 10.8. The van der Waals surface area contributed by atoms with Crippen LogP contribution in [-0.2, 0) is 10.0 Å². The van der Waals surface area contributed by atoms with Gasteiger partial charge >= 0.3 is 6.03 Å². The number of anilines is 3. The van der Waals surface area contributed by atoms with E-state index in [1.54, 1.807) is 66.7 Å². The highest BCUT2D eigenvalue weighted by atomic mass is 32.2. The first-order valence-corrected chi connectivity index (χ1v) is 10.8. The lowest BCUT2D eigenvalue weighted by atomic mass is 10.2. The number of carbonyl (C=O) groups is 1. The monoisotopic (exact) mass is 441 g/mol. The van der Waals surface area contributed by atoms with E-state index >= 15 is 0 Å². The molecule has 0 aliphatic rings. The fourth-order valence-electron chi connectivity index (χ4n) is 2.76. The van der Waals surface area contributed by atoms with Crippen LogP contribution in [-0.4, -0.2) is 28.7 Å². The standard InChI is InChI=1S/C22H23N3O5S/c1-15-4-11-19(12-5-15)31(27,28)25-17-8-6-16(7-9-17)23-22(26)24-18-10-13-20(29-2)21(14-18)30-3/h4-14,25H,1-3H3,(H2,23,24,26). The van der Waals surface area contributed by atoms with Crippen molar-refractivity contribution in [1.29, 1.82) is 0 Å². The molecule has 0 saturated heterocycles. The molecule has 3 aromatic carbocycles. The van der Waals surface area contributed by atoms with Crippen molar-refractivity contribution in [3.8, 4) is 11.5 Å². The second-order valence-corrected chi connectivity index (χ2v) is 8.33. The molecule has 0 radical (unpaired) electrons. The third kappa shape index (κ3) is 5.67. The molecule has 0 unspecified atom stereocenters. The van der Waals surface area contributed by atoms with Crippen molar-refractivity contribution in [3.63, 3.8) is 0 Å². The molecule has 0 saturated carbocycles. The van der Waals surface area contributed by atoms with E-state index in [1.165, 1.54) is 14.2 Å². The first kappa shape index (κ1) is 22.0. The lowest BCUT2D eigenvalue weighted by Crippen LogP contribution is -2.19. The molecule has 162 valence electrons. The van der Waals surface area contributed by atoms with Crippen molar-refractivity contribution in [2.75, 3.05) is 29.6 Å². The number of hydrogen-bond acceptors (Lipinski definition) is 5. The van der Waals surface area contributed by atoms with E-state index < -0.39 is 16.1 Å². The van der Waals surface area contributed by atoms with Crippen LogP contribution < -0.4 is 24.8 Å². The van der Waals surface area contributed by atoms with E-state index in [0.717, 1.165) is 5.56 Å². The number of rotatable bonds is 7. The van der Waals surface area contributed by atoms with Crippen LogP contribution in [0.25, 0.3) is 0 Å². The van der Waals surface area contributed by atoms with Crippen molar-refractivity contribution in [2.45, 2.75) is 11.8 Å². The van der Waals surface area contributed by atoms with Crippen LogP contribution in [0.2, 0.25) is 0 Å². The molecule has 0 fully saturated rings. The van der Waals surface area contributed by atoms with Gasteiger partial charge in [0.25, 0.3) is 10.0 Å². The summed E-state index contributed by atoms with van der Waals surface area (Å²) in [5, 5.41) is 5.38. The first-order valence-electron chi connectivity index (χ1n) is 9.30. The van der Waals surface area contributed by atoms with Crippen LogP contribution in [0.1, 0.15) is 5.56 Å². The van der Waals surface area contributed by atoms with Gasteiger partial charge in [-0.05, 0) is 55.5 Å². The summed E-state index contributed by atoms with van der Waals surface area (Å²) in [6.07, 6.45) is 0. The minimum atomic E-state index is -3.69. The zero-order chi connectivity index (χ0) is 22.4. The molecule has 2 amide bonds. The lowest BCUT2D eigenvalue weighted by molar-refractivity contribution is 0.262. The topological polar surface area (TPSA) is 106 Å². The van der Waals surface area contributed by atoms with Gasteiger partial charge in [0, 0.05) is 23.1 Å². The van der Waals surface area contributed by atoms with Crippen LogP contribution in [0.5, 0.6) is 11.5 Å². The molecule has 0 aromatic heterocycles. The van der Waals surface area contributed by atoms with Crippen LogP contribution in [0, 0.1) is 6.92 Å². The van der Waals surface area contributed by atoms with Gasteiger partial charge in [-0.2, -0.15) is 0 Å². The number of urea groups is 1. The Labute approximate surface area is 181 Å². The third-order valence-electron chi connectivity index (χ3n) is 4.37. The molecule has 3 N–H and O–H groups in total. The van der Waals surface area contributed by atoms with Crippen molar-refractivity contribution < 1.29 is 22.7 Å². The van der Waals surface area contributed by atoms with Gasteiger partial charge in [-0.1, -0.05) is 17.7 Å². The van der Waals surface area contributed by atoms with Crippen molar-refractivity contribution >= 4 is 33.1 Å². The minimum Gasteiger partial charge on any atom is -0.493 e. The third-order valence-corrected chi connectivity index (χ3v) is 5.76. The molecule has 0 bridgehead atoms. The van der Waals surface area contributed by atoms with Crippen molar-refractivity contribution in [1.82, 2.24) is 0 Å². The van der Waals surface area contributed by atoms with Gasteiger partial charge in [-0.3, -0.25) is 4.72 Å². The number of carbonyl (C=O) groups excluding carboxylic acids is 1. The van der Waals surface area contributed by atoms with Gasteiger partial charge < -0.3 is 20.1 Å². The summed E-state index contributed by atoms with van der Waals surface area (Å²) in [6.45, 7) is 1.89. The van der Waals surface area contributed by atoms with Gasteiger partial charge in [0.05, 0.1) is 19.1 Å². The molecule has 0 spiro atoms. The Balaban J connectivity index is 1.62. The van der Waals surface area contributed by atoms with Gasteiger partial charge in [0.1, 0.15) is 0 Å². The van der Waals surface area contributed by atoms with Crippen LogP contribution in [0.4, 0.5) is 21.9 Å². The molecule has 0 heterocycles. The fourth-order valence-corrected chi connectivity index (χ4v) is 3.82. The maximum absolute atomic E-state index is 12.5. The number of aryl methyl sites for hydroxylation is 1. The maximum atomic E-state index is 12.5. The predicted molar refractivity (Wildman–Crippen MR) is 121 cm³/mol.